The van der Waals surface area contributed by atoms with E-state index in [0.29, 0.717) is 32.8 Å². The zero-order chi connectivity index (χ0) is 35.8. The van der Waals surface area contributed by atoms with Gasteiger partial charge in [0, 0.05) is 12.5 Å². The van der Waals surface area contributed by atoms with Crippen LogP contribution < -0.4 is 5.32 Å². The number of nitrogens with one attached hydrogen (secondary N) is 1. The van der Waals surface area contributed by atoms with E-state index in [2.05, 4.69) is 42.6 Å². The third-order valence-electron chi connectivity index (χ3n) is 9.35. The summed E-state index contributed by atoms with van der Waals surface area (Å²) >= 11 is 0. The lowest BCUT2D eigenvalue weighted by molar-refractivity contribution is -0.274. The predicted octanol–water partition coefficient (Wildman–Crippen LogP) is 8.36. The standard InChI is InChI=1S/C45H48N2O5/c1-34(39-25-15-6-16-26-39)47-40(28-46)27-41-43(49-30-36-19-9-3-10-20-36)45(51-32-38-23-13-5-14-24-38)44(50-31-37-21-11-4-12-22-37)42(52-41)33-48-29-35-17-7-2-8-18-35/h2-26,34,40-45,47H,27,29-33H2,1H3/t34-,40-,41+,42+,43+,44+,45+/m0/s1. The summed E-state index contributed by atoms with van der Waals surface area (Å²) in [6.45, 7) is 3.84. The van der Waals surface area contributed by atoms with Gasteiger partial charge in [0.25, 0.3) is 0 Å². The van der Waals surface area contributed by atoms with Crippen LogP contribution in [0.4, 0.5) is 0 Å². The molecule has 1 aliphatic rings. The molecular formula is C45H48N2O5. The Morgan fingerprint density at radius 2 is 0.962 bits per heavy atom. The zero-order valence-electron chi connectivity index (χ0n) is 29.7. The normalized spacial score (nSPS) is 21.2. The minimum absolute atomic E-state index is 0.0461. The Morgan fingerprint density at radius 1 is 0.558 bits per heavy atom. The lowest BCUT2D eigenvalue weighted by Crippen LogP contribution is -2.62. The lowest BCUT2D eigenvalue weighted by Gasteiger charge is -2.47. The monoisotopic (exact) mass is 696 g/mol. The second kappa shape index (κ2) is 19.8. The first-order valence-electron chi connectivity index (χ1n) is 18.1. The first-order valence-corrected chi connectivity index (χ1v) is 18.1. The molecular weight excluding hydrogens is 649 g/mol. The lowest BCUT2D eigenvalue weighted by atomic mass is 9.90. The third kappa shape index (κ3) is 10.9. The van der Waals surface area contributed by atoms with Gasteiger partial charge in [-0.25, -0.2) is 0 Å². The molecule has 0 radical (unpaired) electrons. The molecule has 1 heterocycles. The summed E-state index contributed by atoms with van der Waals surface area (Å²) in [5, 5.41) is 14.0. The number of ether oxygens (including phenoxy) is 5. The summed E-state index contributed by atoms with van der Waals surface area (Å²) in [4.78, 5) is 0. The van der Waals surface area contributed by atoms with Crippen LogP contribution in [0.25, 0.3) is 0 Å². The zero-order valence-corrected chi connectivity index (χ0v) is 29.7. The fraction of sp³-hybridized carbons (Fsp3) is 0.311. The quantitative estimate of drug-likeness (QED) is 0.0986. The molecule has 0 amide bonds. The highest BCUT2D eigenvalue weighted by Gasteiger charge is 2.49. The smallest absolute Gasteiger partial charge is 0.115 e. The second-order valence-electron chi connectivity index (χ2n) is 13.2. The molecule has 5 aromatic rings. The van der Waals surface area contributed by atoms with Gasteiger partial charge in [-0.1, -0.05) is 152 Å². The maximum Gasteiger partial charge on any atom is 0.115 e. The number of hydrogen-bond donors (Lipinski definition) is 1. The fourth-order valence-electron chi connectivity index (χ4n) is 6.60. The minimum Gasteiger partial charge on any atom is -0.374 e. The highest BCUT2D eigenvalue weighted by molar-refractivity contribution is 5.20. The molecule has 0 aromatic heterocycles. The highest BCUT2D eigenvalue weighted by atomic mass is 16.6. The van der Waals surface area contributed by atoms with Crippen LogP contribution >= 0.6 is 0 Å². The van der Waals surface area contributed by atoms with Crippen LogP contribution in [-0.2, 0) is 50.1 Å². The third-order valence-corrected chi connectivity index (χ3v) is 9.35. The van der Waals surface area contributed by atoms with E-state index in [1.54, 1.807) is 0 Å². The van der Waals surface area contributed by atoms with Crippen LogP contribution in [0.5, 0.6) is 0 Å². The maximum absolute atomic E-state index is 10.5. The fourth-order valence-corrected chi connectivity index (χ4v) is 6.60. The van der Waals surface area contributed by atoms with Gasteiger partial charge in [0.05, 0.1) is 51.2 Å². The van der Waals surface area contributed by atoms with Crippen molar-refractivity contribution in [3.05, 3.63) is 179 Å². The largest absolute Gasteiger partial charge is 0.374 e. The van der Waals surface area contributed by atoms with Crippen molar-refractivity contribution in [2.24, 2.45) is 0 Å². The number of rotatable bonds is 18. The van der Waals surface area contributed by atoms with Gasteiger partial charge in [-0.3, -0.25) is 5.32 Å². The van der Waals surface area contributed by atoms with Gasteiger partial charge in [-0.15, -0.1) is 0 Å². The van der Waals surface area contributed by atoms with Crippen molar-refractivity contribution < 1.29 is 23.7 Å². The van der Waals surface area contributed by atoms with Crippen LogP contribution in [0.1, 0.15) is 47.2 Å². The molecule has 52 heavy (non-hydrogen) atoms. The van der Waals surface area contributed by atoms with Crippen LogP contribution in [0.2, 0.25) is 0 Å². The van der Waals surface area contributed by atoms with Crippen LogP contribution in [0, 0.1) is 11.3 Å². The second-order valence-corrected chi connectivity index (χ2v) is 13.2. The van der Waals surface area contributed by atoms with E-state index in [1.807, 2.05) is 127 Å². The molecule has 7 atom stereocenters. The topological polar surface area (TPSA) is 82.0 Å². The summed E-state index contributed by atoms with van der Waals surface area (Å²) in [7, 11) is 0. The van der Waals surface area contributed by atoms with Crippen molar-refractivity contribution >= 4 is 0 Å². The maximum atomic E-state index is 10.5. The van der Waals surface area contributed by atoms with E-state index in [0.717, 1.165) is 27.8 Å². The average molecular weight is 697 g/mol. The molecule has 0 aliphatic carbocycles. The van der Waals surface area contributed by atoms with Crippen LogP contribution in [-0.4, -0.2) is 43.2 Å². The van der Waals surface area contributed by atoms with Crippen molar-refractivity contribution in [1.29, 1.82) is 5.26 Å². The van der Waals surface area contributed by atoms with E-state index in [-0.39, 0.29) is 12.6 Å². The molecule has 1 N–H and O–H groups in total. The van der Waals surface area contributed by atoms with Gasteiger partial charge in [0.1, 0.15) is 24.4 Å². The summed E-state index contributed by atoms with van der Waals surface area (Å²) < 4.78 is 33.8. The number of hydrogen-bond acceptors (Lipinski definition) is 7. The van der Waals surface area contributed by atoms with E-state index in [9.17, 15) is 5.26 Å². The summed E-state index contributed by atoms with van der Waals surface area (Å²) in [6.07, 6.45) is -2.26. The molecule has 1 saturated heterocycles. The molecule has 1 aliphatic heterocycles. The molecule has 7 nitrogen and oxygen atoms in total. The van der Waals surface area contributed by atoms with Crippen molar-refractivity contribution in [2.75, 3.05) is 6.61 Å². The minimum atomic E-state index is -0.556. The van der Waals surface area contributed by atoms with Gasteiger partial charge >= 0.3 is 0 Å². The van der Waals surface area contributed by atoms with Crippen molar-refractivity contribution in [2.45, 2.75) is 82.4 Å². The molecule has 7 heteroatoms. The van der Waals surface area contributed by atoms with Gasteiger partial charge in [-0.2, -0.15) is 5.26 Å². The molecule has 0 unspecified atom stereocenters. The average Bonchev–Trinajstić information content (AvgIpc) is 3.20. The van der Waals surface area contributed by atoms with Crippen molar-refractivity contribution in [3.63, 3.8) is 0 Å². The van der Waals surface area contributed by atoms with Gasteiger partial charge in [-0.05, 0) is 34.7 Å². The highest BCUT2D eigenvalue weighted by Crippen LogP contribution is 2.33. The number of benzene rings is 5. The van der Waals surface area contributed by atoms with E-state index in [4.69, 9.17) is 23.7 Å². The molecule has 0 spiro atoms. The molecule has 1 fully saturated rings. The van der Waals surface area contributed by atoms with E-state index < -0.39 is 36.6 Å². The van der Waals surface area contributed by atoms with Gasteiger partial charge < -0.3 is 23.7 Å². The van der Waals surface area contributed by atoms with Gasteiger partial charge in [0.15, 0.2) is 0 Å². The Bertz CT molecular complexity index is 1760. The molecule has 268 valence electrons. The number of nitriles is 1. The Balaban J connectivity index is 1.31. The van der Waals surface area contributed by atoms with Crippen molar-refractivity contribution in [1.82, 2.24) is 5.32 Å². The molecule has 0 bridgehead atoms. The van der Waals surface area contributed by atoms with Crippen molar-refractivity contribution in [3.8, 4) is 6.07 Å². The molecule has 0 saturated carbocycles. The summed E-state index contributed by atoms with van der Waals surface area (Å²) in [5.41, 5.74) is 5.29. The van der Waals surface area contributed by atoms with Crippen LogP contribution in [0.3, 0.4) is 0 Å². The SMILES string of the molecule is C[C@H](N[C@H](C#N)C[C@H]1O[C@H](COCc2ccccc2)[C@@H](OCc2ccccc2)[C@H](OCc2ccccc2)[C@@H]1OCc1ccccc1)c1ccccc1. The Kier molecular flexibility index (Phi) is 14.1. The Hall–Kier alpha value is -4.65. The summed E-state index contributed by atoms with van der Waals surface area (Å²) in [6, 6.07) is 52.5. The van der Waals surface area contributed by atoms with Crippen LogP contribution in [0.15, 0.2) is 152 Å². The first-order chi connectivity index (χ1) is 25.7. The van der Waals surface area contributed by atoms with Gasteiger partial charge in [0.2, 0.25) is 0 Å². The summed E-state index contributed by atoms with van der Waals surface area (Å²) in [5.74, 6) is 0. The predicted molar refractivity (Wildman–Crippen MR) is 202 cm³/mol. The molecule has 5 aromatic carbocycles. The first kappa shape index (κ1) is 37.1. The Morgan fingerprint density at radius 3 is 1.42 bits per heavy atom. The van der Waals surface area contributed by atoms with E-state index in [1.165, 1.54) is 0 Å². The Labute approximate surface area is 308 Å². The molecule has 6 rings (SSSR count). The number of nitrogens with zero attached hydrogens (tertiary/aromatic N) is 1. The van der Waals surface area contributed by atoms with E-state index >= 15 is 0 Å².